The lowest BCUT2D eigenvalue weighted by Crippen LogP contribution is -2.81. The highest BCUT2D eigenvalue weighted by molar-refractivity contribution is 5.95. The molecule has 9 rings (SSSR count). The molecule has 1 saturated carbocycles. The van der Waals surface area contributed by atoms with Gasteiger partial charge in [-0.25, -0.2) is 9.59 Å². The van der Waals surface area contributed by atoms with E-state index in [1.54, 1.807) is 7.11 Å². The Morgan fingerprint density at radius 2 is 1.75 bits per heavy atom. The van der Waals surface area contributed by atoms with Crippen LogP contribution in [0.4, 0.5) is 5.69 Å². The smallest absolute Gasteiger partial charge is 0.361 e. The van der Waals surface area contributed by atoms with E-state index >= 15 is 4.79 Å². The predicted octanol–water partition coefficient (Wildman–Crippen LogP) is 4.48. The molecule has 2 fully saturated rings. The van der Waals surface area contributed by atoms with E-state index < -0.39 is 51.9 Å². The molecule has 14 heteroatoms. The maximum absolute atomic E-state index is 15.5. The van der Waals surface area contributed by atoms with Crippen LogP contribution in [0.2, 0.25) is 0 Å². The van der Waals surface area contributed by atoms with Crippen LogP contribution in [0.5, 0.6) is 5.75 Å². The topological polar surface area (TPSA) is 157 Å². The van der Waals surface area contributed by atoms with Crippen molar-refractivity contribution in [2.75, 3.05) is 79.7 Å². The first-order chi connectivity index (χ1) is 30.2. The number of benzene rings is 2. The fraction of sp³-hybridized carbons (Fsp3) is 0.551. The summed E-state index contributed by atoms with van der Waals surface area (Å²) in [5, 5.41) is 14.4. The number of aliphatic hydroxyl groups is 1. The molecule has 63 heavy (non-hydrogen) atoms. The normalized spacial score (nSPS) is 34.0. The van der Waals surface area contributed by atoms with E-state index in [2.05, 4.69) is 41.1 Å². The molecule has 336 valence electrons. The van der Waals surface area contributed by atoms with Gasteiger partial charge in [0.25, 0.3) is 0 Å². The number of hydrogen-bond donors (Lipinski definition) is 2. The molecule has 1 aromatic heterocycles. The Hall–Kier alpha value is -5.18. The van der Waals surface area contributed by atoms with Crippen LogP contribution in [0.15, 0.2) is 60.2 Å². The number of anilines is 1. The first kappa shape index (κ1) is 43.1. The molecule has 0 radical (unpaired) electrons. The Morgan fingerprint density at radius 3 is 2.43 bits per heavy atom. The summed E-state index contributed by atoms with van der Waals surface area (Å²) in [6.07, 6.45) is 7.77. The third-order valence-corrected chi connectivity index (χ3v) is 16.1. The summed E-state index contributed by atoms with van der Waals surface area (Å²) in [6.45, 7) is 8.88. The van der Waals surface area contributed by atoms with Crippen molar-refractivity contribution in [2.45, 2.75) is 87.5 Å². The van der Waals surface area contributed by atoms with Crippen LogP contribution in [0.1, 0.15) is 68.8 Å². The Labute approximate surface area is 368 Å². The van der Waals surface area contributed by atoms with Crippen LogP contribution in [0.3, 0.4) is 0 Å². The van der Waals surface area contributed by atoms with Gasteiger partial charge in [0.1, 0.15) is 17.7 Å². The highest BCUT2D eigenvalue weighted by Crippen LogP contribution is 2.68. The third kappa shape index (κ3) is 5.78. The average molecular weight is 866 g/mol. The number of ether oxygens (including phenoxy) is 5. The molecule has 2 N–H and O–H groups in total. The molecule has 1 spiro atoms. The minimum Gasteiger partial charge on any atom is -0.496 e. The summed E-state index contributed by atoms with van der Waals surface area (Å²) >= 11 is 0. The van der Waals surface area contributed by atoms with Crippen molar-refractivity contribution in [2.24, 2.45) is 11.3 Å². The number of carbonyl (C=O) groups is 4. The maximum Gasteiger partial charge on any atom is 0.361 e. The molecule has 3 aromatic rings. The van der Waals surface area contributed by atoms with Gasteiger partial charge in [-0.1, -0.05) is 50.3 Å². The first-order valence-electron chi connectivity index (χ1n) is 22.3. The lowest BCUT2D eigenvalue weighted by molar-refractivity contribution is -0.921. The van der Waals surface area contributed by atoms with Gasteiger partial charge in [0.05, 0.1) is 47.6 Å². The van der Waals surface area contributed by atoms with Gasteiger partial charge < -0.3 is 43.2 Å². The summed E-state index contributed by atoms with van der Waals surface area (Å²) in [5.74, 6) is -1.97. The lowest BCUT2D eigenvalue weighted by Gasteiger charge is -2.63. The van der Waals surface area contributed by atoms with E-state index in [1.165, 1.54) is 33.8 Å². The molecule has 2 aromatic carbocycles. The van der Waals surface area contributed by atoms with E-state index in [4.69, 9.17) is 23.7 Å². The second kappa shape index (κ2) is 15.2. The number of para-hydroxylation sites is 1. The minimum absolute atomic E-state index is 0.178. The minimum atomic E-state index is -2.32. The van der Waals surface area contributed by atoms with Gasteiger partial charge in [-0.3, -0.25) is 14.5 Å². The van der Waals surface area contributed by atoms with Gasteiger partial charge in [0.2, 0.25) is 5.60 Å². The van der Waals surface area contributed by atoms with Gasteiger partial charge >= 0.3 is 23.9 Å². The quantitative estimate of drug-likeness (QED) is 0.135. The number of quaternary nitrogens is 1. The molecule has 0 amide bonds. The van der Waals surface area contributed by atoms with Crippen LogP contribution in [-0.4, -0.2) is 142 Å². The number of aromatic amines is 1. The molecule has 1 aliphatic carbocycles. The number of H-pyrrole nitrogens is 1. The number of fused-ring (bicyclic) bond motifs is 6. The van der Waals surface area contributed by atoms with Crippen molar-refractivity contribution in [3.63, 3.8) is 0 Å². The standard InChI is InChI=1S/C49H61N4O10/c1-9-30-22-31-25-48(44(56)61-7,40-33(32-14-11-12-15-36(32)50-40)16-21-53(26-30,27-31)28-39(55)60-6)35-23-34-37(24-38(35)59-5)51(4)42-47(34)18-20-52-19-13-17-46(10-2,41(47)52)43(63-29(3)54)49(42,58)45(57)62-8/h11-15,17,22-24,31,41-43,50,58H,9-10,16,18-21,25-28H2,1-8H3/q+1/t31-,41-,42+,43+,46+,47+,48-,49-,53?/m0/s1. The molecular formula is C49H61N4O10+. The molecule has 1 saturated heterocycles. The number of nitrogens with one attached hydrogen (secondary N) is 1. The molecule has 6 heterocycles. The van der Waals surface area contributed by atoms with E-state index in [-0.39, 0.29) is 24.5 Å². The van der Waals surface area contributed by atoms with Crippen molar-refractivity contribution >= 4 is 40.5 Å². The molecule has 6 aliphatic rings. The van der Waals surface area contributed by atoms with Crippen LogP contribution >= 0.6 is 0 Å². The number of rotatable bonds is 9. The van der Waals surface area contributed by atoms with Crippen LogP contribution in [0.25, 0.3) is 10.9 Å². The summed E-state index contributed by atoms with van der Waals surface area (Å²) in [7, 11) is 7.57. The number of aromatic nitrogens is 1. The zero-order valence-electron chi connectivity index (χ0n) is 37.7. The molecule has 5 aliphatic heterocycles. The highest BCUT2D eigenvalue weighted by Gasteiger charge is 2.80. The fourth-order valence-corrected chi connectivity index (χ4v) is 14.0. The molecule has 14 nitrogen and oxygen atoms in total. The fourth-order valence-electron chi connectivity index (χ4n) is 14.0. The highest BCUT2D eigenvalue weighted by atomic mass is 16.6. The van der Waals surface area contributed by atoms with Crippen molar-refractivity contribution in [3.8, 4) is 5.75 Å². The third-order valence-electron chi connectivity index (χ3n) is 16.1. The van der Waals surface area contributed by atoms with Crippen molar-refractivity contribution < 1.29 is 52.5 Å². The van der Waals surface area contributed by atoms with Gasteiger partial charge in [-0.05, 0) is 61.1 Å². The van der Waals surface area contributed by atoms with E-state index in [1.807, 2.05) is 49.2 Å². The molecule has 1 unspecified atom stereocenters. The number of likely N-dealkylation sites (N-methyl/N-ethyl adjacent to an activating group) is 1. The van der Waals surface area contributed by atoms with Crippen LogP contribution < -0.4 is 9.64 Å². The lowest BCUT2D eigenvalue weighted by atomic mass is 9.47. The summed E-state index contributed by atoms with van der Waals surface area (Å²) < 4.78 is 29.9. The van der Waals surface area contributed by atoms with Crippen molar-refractivity contribution in [1.82, 2.24) is 9.88 Å². The van der Waals surface area contributed by atoms with Crippen molar-refractivity contribution in [3.05, 3.63) is 82.6 Å². The van der Waals surface area contributed by atoms with Gasteiger partial charge in [-0.15, -0.1) is 0 Å². The first-order valence-corrected chi connectivity index (χ1v) is 22.3. The molecule has 2 bridgehead atoms. The predicted molar refractivity (Wildman–Crippen MR) is 234 cm³/mol. The largest absolute Gasteiger partial charge is 0.496 e. The second-order valence-corrected chi connectivity index (χ2v) is 18.9. The Balaban J connectivity index is 1.36. The number of nitrogens with zero attached hydrogens (tertiary/aromatic N) is 3. The Kier molecular flexibility index (Phi) is 10.4. The SMILES string of the molecule is CCC1=C[C@H]2C[C@](C(=O)OC)(c3cc4c(cc3OC)N(C)[C@H]3[C@@](O)(C(=O)OC)[C@H](OC(C)=O)[C@]5(CC)C=CCN6CC[C@]43[C@@H]65)c3[nH]c4ccccc4c3CC[N+](CC(=O)OC)(C1)C2. The number of carbonyl (C=O) groups excluding carboxylic acids is 4. The number of methoxy groups -OCH3 is 4. The van der Waals surface area contributed by atoms with E-state index in [9.17, 15) is 19.5 Å². The molecule has 9 atom stereocenters. The van der Waals surface area contributed by atoms with E-state index in [0.29, 0.717) is 79.9 Å². The zero-order valence-corrected chi connectivity index (χ0v) is 37.7. The van der Waals surface area contributed by atoms with Gasteiger partial charge in [-0.2, -0.15) is 0 Å². The number of hydrogen-bond acceptors (Lipinski definition) is 12. The van der Waals surface area contributed by atoms with Gasteiger partial charge in [0, 0.05) is 83.6 Å². The van der Waals surface area contributed by atoms with Crippen LogP contribution in [-0.2, 0) is 55.4 Å². The molecular weight excluding hydrogens is 805 g/mol. The van der Waals surface area contributed by atoms with Crippen molar-refractivity contribution in [1.29, 1.82) is 0 Å². The Bertz CT molecular complexity index is 2460. The van der Waals surface area contributed by atoms with E-state index in [0.717, 1.165) is 34.1 Å². The maximum atomic E-state index is 15.5. The number of esters is 4. The summed E-state index contributed by atoms with van der Waals surface area (Å²) in [5.41, 5.74) is 0.236. The van der Waals surface area contributed by atoms with Gasteiger partial charge in [0.15, 0.2) is 12.6 Å². The summed E-state index contributed by atoms with van der Waals surface area (Å²) in [4.78, 5) is 64.4. The summed E-state index contributed by atoms with van der Waals surface area (Å²) in [6, 6.07) is 10.8. The Morgan fingerprint density at radius 1 is 0.984 bits per heavy atom. The zero-order chi connectivity index (χ0) is 44.9. The average Bonchev–Trinajstić information content (AvgIpc) is 3.95. The van der Waals surface area contributed by atoms with Crippen LogP contribution in [0, 0.1) is 11.3 Å². The second-order valence-electron chi connectivity index (χ2n) is 18.9. The monoisotopic (exact) mass is 865 g/mol.